The molecule has 0 saturated heterocycles. The van der Waals surface area contributed by atoms with Gasteiger partial charge in [-0.1, -0.05) is 111 Å². The van der Waals surface area contributed by atoms with E-state index in [0.29, 0.717) is 35.8 Å². The first-order valence-electron chi connectivity index (χ1n) is 18.4. The summed E-state index contributed by atoms with van der Waals surface area (Å²) < 4.78 is 13.0. The number of ether oxygens (including phenoxy) is 2. The van der Waals surface area contributed by atoms with Crippen LogP contribution >= 0.6 is 0 Å². The number of hydrogen-bond acceptors (Lipinski definition) is 7. The fourth-order valence-corrected chi connectivity index (χ4v) is 6.07. The number of aliphatic imine (C=N–C) groups is 1. The van der Waals surface area contributed by atoms with Crippen LogP contribution in [0.1, 0.15) is 114 Å². The van der Waals surface area contributed by atoms with Crippen molar-refractivity contribution in [3.63, 3.8) is 0 Å². The second kappa shape index (κ2) is 17.2. The summed E-state index contributed by atoms with van der Waals surface area (Å²) >= 11 is 0. The molecule has 0 radical (unpaired) electrons. The molecule has 0 unspecified atom stereocenters. The van der Waals surface area contributed by atoms with Crippen LogP contribution in [0.2, 0.25) is 0 Å². The van der Waals surface area contributed by atoms with Crippen molar-refractivity contribution in [2.75, 3.05) is 13.2 Å². The van der Waals surface area contributed by atoms with Crippen molar-refractivity contribution in [1.29, 1.82) is 0 Å². The number of nitro groups is 1. The summed E-state index contributed by atoms with van der Waals surface area (Å²) in [5.74, 6) is 0.917. The molecule has 4 aromatic rings. The number of phenols is 1. The average Bonchev–Trinajstić information content (AvgIpc) is 3.10. The third kappa shape index (κ3) is 9.79. The molecule has 0 saturated carbocycles. The summed E-state index contributed by atoms with van der Waals surface area (Å²) in [7, 11) is 0. The van der Waals surface area contributed by atoms with Gasteiger partial charge < -0.3 is 19.7 Å². The van der Waals surface area contributed by atoms with Crippen molar-refractivity contribution in [1.82, 2.24) is 0 Å². The molecule has 2 N–H and O–H groups in total. The number of aromatic hydroxyl groups is 1. The minimum atomic E-state index is -1.85. The molecule has 8 heteroatoms. The van der Waals surface area contributed by atoms with Crippen LogP contribution in [0, 0.1) is 10.1 Å². The zero-order valence-electron chi connectivity index (χ0n) is 32.1. The molecule has 0 aliphatic heterocycles. The molecule has 0 amide bonds. The van der Waals surface area contributed by atoms with Crippen LogP contribution in [0.4, 0.5) is 5.69 Å². The van der Waals surface area contributed by atoms with E-state index in [1.807, 2.05) is 66.7 Å². The molecule has 4 rings (SSSR count). The van der Waals surface area contributed by atoms with E-state index in [0.717, 1.165) is 42.4 Å². The highest BCUT2D eigenvalue weighted by Crippen LogP contribution is 2.47. The first-order chi connectivity index (χ1) is 24.6. The number of nitro benzene ring substituents is 1. The highest BCUT2D eigenvalue weighted by Gasteiger charge is 2.45. The number of phenolic OH excluding ortho intramolecular Hbond substituents is 1. The number of unbranched alkanes of at least 4 members (excludes halogenated alkanes) is 2. The second-order valence-corrected chi connectivity index (χ2v) is 15.6. The van der Waals surface area contributed by atoms with E-state index < -0.39 is 16.6 Å². The number of benzene rings is 4. The fraction of sp³-hybridized carbons (Fsp3) is 0.432. The van der Waals surface area contributed by atoms with Gasteiger partial charge in [0.05, 0.1) is 24.2 Å². The van der Waals surface area contributed by atoms with Crippen LogP contribution in [-0.2, 0) is 22.9 Å². The molecular formula is C44H56N2O6. The number of nitrogens with zero attached hydrogens (tertiary/aromatic N) is 2. The maximum atomic E-state index is 14.0. The van der Waals surface area contributed by atoms with Crippen molar-refractivity contribution in [3.8, 4) is 17.2 Å². The molecule has 0 fully saturated rings. The summed E-state index contributed by atoms with van der Waals surface area (Å²) in [6.45, 7) is 17.9. The molecule has 0 aliphatic carbocycles. The third-order valence-corrected chi connectivity index (χ3v) is 9.39. The predicted octanol–water partition coefficient (Wildman–Crippen LogP) is 10.2. The Morgan fingerprint density at radius 1 is 0.769 bits per heavy atom. The van der Waals surface area contributed by atoms with Gasteiger partial charge in [-0.15, -0.1) is 0 Å². The topological polar surface area (TPSA) is 114 Å². The Labute approximate surface area is 309 Å². The summed E-state index contributed by atoms with van der Waals surface area (Å²) in [6.07, 6.45) is 5.26. The third-order valence-electron chi connectivity index (χ3n) is 9.39. The highest BCUT2D eigenvalue weighted by molar-refractivity contribution is 5.84. The zero-order chi connectivity index (χ0) is 38.1. The van der Waals surface area contributed by atoms with E-state index in [1.165, 1.54) is 24.4 Å². The van der Waals surface area contributed by atoms with Gasteiger partial charge in [0.2, 0.25) is 0 Å². The van der Waals surface area contributed by atoms with Crippen molar-refractivity contribution in [3.05, 3.63) is 128 Å². The van der Waals surface area contributed by atoms with E-state index in [9.17, 15) is 20.3 Å². The van der Waals surface area contributed by atoms with Crippen molar-refractivity contribution < 1.29 is 24.6 Å². The van der Waals surface area contributed by atoms with E-state index in [-0.39, 0.29) is 34.3 Å². The lowest BCUT2D eigenvalue weighted by Crippen LogP contribution is -2.42. The van der Waals surface area contributed by atoms with Gasteiger partial charge in [0, 0.05) is 35.0 Å². The smallest absolute Gasteiger partial charge is 0.270 e. The summed E-state index contributed by atoms with van der Waals surface area (Å²) in [5, 5.41) is 36.5. The van der Waals surface area contributed by atoms with Gasteiger partial charge >= 0.3 is 0 Å². The Morgan fingerprint density at radius 3 is 1.75 bits per heavy atom. The zero-order valence-corrected chi connectivity index (χ0v) is 32.1. The molecule has 0 aromatic heterocycles. The van der Waals surface area contributed by atoms with Gasteiger partial charge in [-0.05, 0) is 77.1 Å². The molecular weight excluding hydrogens is 652 g/mol. The lowest BCUT2D eigenvalue weighted by Gasteiger charge is -2.39. The standard InChI is InChI=1S/C44H56N2O6/c1-9-11-24-51-39-22-18-33(42(3,4)5)28-36(39)44(48,37-29-34(43(6,7)8)19-23-40(37)52-25-12-10-2)41(26-31-16-14-13-15-17-31)45-30-32-27-35(46(49)50)20-21-38(32)47/h13-23,27-30,41,47-48H,9-12,24-26H2,1-8H3/t41-/m0/s1. The number of rotatable bonds is 16. The van der Waals surface area contributed by atoms with Crippen LogP contribution in [-0.4, -0.2) is 40.6 Å². The normalized spacial score (nSPS) is 12.9. The maximum absolute atomic E-state index is 14.0. The summed E-state index contributed by atoms with van der Waals surface area (Å²) in [4.78, 5) is 16.3. The second-order valence-electron chi connectivity index (χ2n) is 15.6. The molecule has 4 aromatic carbocycles. The van der Waals surface area contributed by atoms with Crippen molar-refractivity contribution >= 4 is 11.9 Å². The Morgan fingerprint density at radius 2 is 1.29 bits per heavy atom. The van der Waals surface area contributed by atoms with Crippen LogP contribution in [0.15, 0.2) is 89.9 Å². The average molecular weight is 709 g/mol. The molecule has 0 bridgehead atoms. The van der Waals surface area contributed by atoms with Gasteiger partial charge in [-0.3, -0.25) is 15.1 Å². The van der Waals surface area contributed by atoms with Crippen LogP contribution in [0.5, 0.6) is 17.2 Å². The lowest BCUT2D eigenvalue weighted by molar-refractivity contribution is -0.384. The molecule has 8 nitrogen and oxygen atoms in total. The van der Waals surface area contributed by atoms with E-state index in [2.05, 4.69) is 55.4 Å². The minimum Gasteiger partial charge on any atom is -0.507 e. The van der Waals surface area contributed by atoms with Crippen LogP contribution < -0.4 is 9.47 Å². The van der Waals surface area contributed by atoms with E-state index in [4.69, 9.17) is 14.5 Å². The molecule has 0 spiro atoms. The molecule has 1 atom stereocenters. The fourth-order valence-electron chi connectivity index (χ4n) is 6.07. The molecule has 52 heavy (non-hydrogen) atoms. The lowest BCUT2D eigenvalue weighted by atomic mass is 9.73. The largest absolute Gasteiger partial charge is 0.507 e. The number of non-ortho nitro benzene ring substituents is 1. The first-order valence-corrected chi connectivity index (χ1v) is 18.4. The highest BCUT2D eigenvalue weighted by atomic mass is 16.6. The van der Waals surface area contributed by atoms with Crippen molar-refractivity contribution in [2.24, 2.45) is 4.99 Å². The van der Waals surface area contributed by atoms with E-state index in [1.54, 1.807) is 0 Å². The van der Waals surface area contributed by atoms with Crippen molar-refractivity contribution in [2.45, 2.75) is 110 Å². The minimum absolute atomic E-state index is 0.159. The molecule has 0 heterocycles. The van der Waals surface area contributed by atoms with Gasteiger partial charge in [-0.25, -0.2) is 0 Å². The Hall–Kier alpha value is -4.69. The molecule has 0 aliphatic rings. The van der Waals surface area contributed by atoms with Gasteiger partial charge in [0.25, 0.3) is 5.69 Å². The van der Waals surface area contributed by atoms with E-state index >= 15 is 0 Å². The SMILES string of the molecule is CCCCOc1ccc(C(C)(C)C)cc1C(O)(c1cc(C(C)(C)C)ccc1OCCCC)[C@H](Cc1ccccc1)N=Cc1cc([N+](=O)[O-])ccc1O. The first kappa shape index (κ1) is 40.1. The Bertz CT molecular complexity index is 1750. The van der Waals surface area contributed by atoms with Gasteiger partial charge in [-0.2, -0.15) is 0 Å². The van der Waals surface area contributed by atoms with Crippen LogP contribution in [0.3, 0.4) is 0 Å². The monoisotopic (exact) mass is 708 g/mol. The quantitative estimate of drug-likeness (QED) is 0.0518. The Kier molecular flexibility index (Phi) is 13.3. The maximum Gasteiger partial charge on any atom is 0.270 e. The summed E-state index contributed by atoms with van der Waals surface area (Å²) in [5.41, 5.74) is 1.62. The van der Waals surface area contributed by atoms with Crippen LogP contribution in [0.25, 0.3) is 0 Å². The summed E-state index contributed by atoms with van der Waals surface area (Å²) in [6, 6.07) is 24.7. The number of hydrogen-bond donors (Lipinski definition) is 2. The van der Waals surface area contributed by atoms with Gasteiger partial charge in [0.1, 0.15) is 22.8 Å². The number of aliphatic hydroxyl groups is 1. The Balaban J connectivity index is 2.15. The molecule has 278 valence electrons. The predicted molar refractivity (Wildman–Crippen MR) is 210 cm³/mol. The van der Waals surface area contributed by atoms with Gasteiger partial charge in [0.15, 0.2) is 0 Å².